The standard InChI is InChI=1S/C13H18O4/c1-5-17-11-7-10(9(3)13(14)15)12(16-4)6-8(11)2/h6-7,9H,5H2,1-4H3,(H,14,15). The summed E-state index contributed by atoms with van der Waals surface area (Å²) >= 11 is 0. The Balaban J connectivity index is 3.25. The molecule has 0 aliphatic carbocycles. The van der Waals surface area contributed by atoms with Crippen LogP contribution in [-0.4, -0.2) is 24.8 Å². The lowest BCUT2D eigenvalue weighted by atomic mass is 9.98. The van der Waals surface area contributed by atoms with Crippen molar-refractivity contribution >= 4 is 5.97 Å². The zero-order chi connectivity index (χ0) is 13.0. The zero-order valence-corrected chi connectivity index (χ0v) is 10.6. The number of carboxylic acids is 1. The fourth-order valence-electron chi connectivity index (χ4n) is 1.64. The maximum Gasteiger partial charge on any atom is 0.310 e. The average Bonchev–Trinajstić information content (AvgIpc) is 2.30. The van der Waals surface area contributed by atoms with Crippen LogP contribution in [0.15, 0.2) is 12.1 Å². The molecule has 0 saturated heterocycles. The Morgan fingerprint density at radius 1 is 1.41 bits per heavy atom. The van der Waals surface area contributed by atoms with Gasteiger partial charge in [-0.05, 0) is 38.5 Å². The molecule has 0 radical (unpaired) electrons. The topological polar surface area (TPSA) is 55.8 Å². The summed E-state index contributed by atoms with van der Waals surface area (Å²) in [4.78, 5) is 11.0. The van der Waals surface area contributed by atoms with Crippen molar-refractivity contribution in [3.63, 3.8) is 0 Å². The molecule has 0 heterocycles. The molecule has 17 heavy (non-hydrogen) atoms. The van der Waals surface area contributed by atoms with Gasteiger partial charge >= 0.3 is 5.97 Å². The lowest BCUT2D eigenvalue weighted by Gasteiger charge is -2.16. The van der Waals surface area contributed by atoms with Gasteiger partial charge in [0.25, 0.3) is 0 Å². The van der Waals surface area contributed by atoms with E-state index in [4.69, 9.17) is 14.6 Å². The van der Waals surface area contributed by atoms with Crippen molar-refractivity contribution in [1.82, 2.24) is 0 Å². The number of hydrogen-bond acceptors (Lipinski definition) is 3. The van der Waals surface area contributed by atoms with Gasteiger partial charge in [-0.1, -0.05) is 0 Å². The van der Waals surface area contributed by atoms with E-state index >= 15 is 0 Å². The second-order valence-corrected chi connectivity index (χ2v) is 3.85. The van der Waals surface area contributed by atoms with E-state index in [1.807, 2.05) is 13.8 Å². The maximum absolute atomic E-state index is 11.0. The van der Waals surface area contributed by atoms with E-state index < -0.39 is 11.9 Å². The van der Waals surface area contributed by atoms with Crippen LogP contribution in [0.25, 0.3) is 0 Å². The van der Waals surface area contributed by atoms with Crippen LogP contribution >= 0.6 is 0 Å². The van der Waals surface area contributed by atoms with E-state index in [9.17, 15) is 4.79 Å². The highest BCUT2D eigenvalue weighted by atomic mass is 16.5. The third kappa shape index (κ3) is 2.90. The van der Waals surface area contributed by atoms with Crippen molar-refractivity contribution in [3.8, 4) is 11.5 Å². The lowest BCUT2D eigenvalue weighted by molar-refractivity contribution is -0.138. The molecule has 0 fully saturated rings. The Labute approximate surface area is 101 Å². The Kier molecular flexibility index (Phi) is 4.37. The first kappa shape index (κ1) is 13.4. The van der Waals surface area contributed by atoms with E-state index in [0.717, 1.165) is 5.56 Å². The minimum Gasteiger partial charge on any atom is -0.496 e. The fraction of sp³-hybridized carbons (Fsp3) is 0.462. The number of carbonyl (C=O) groups is 1. The third-order valence-electron chi connectivity index (χ3n) is 2.66. The number of hydrogen-bond donors (Lipinski definition) is 1. The van der Waals surface area contributed by atoms with Crippen LogP contribution in [0.5, 0.6) is 11.5 Å². The van der Waals surface area contributed by atoms with Gasteiger partial charge < -0.3 is 14.6 Å². The molecular formula is C13H18O4. The van der Waals surface area contributed by atoms with Gasteiger partial charge in [-0.25, -0.2) is 0 Å². The number of aryl methyl sites for hydroxylation is 1. The number of carboxylic acid groups (broad SMARTS) is 1. The SMILES string of the molecule is CCOc1cc(C(C)C(=O)O)c(OC)cc1C. The van der Waals surface area contributed by atoms with Crippen molar-refractivity contribution in [2.75, 3.05) is 13.7 Å². The average molecular weight is 238 g/mol. The van der Waals surface area contributed by atoms with Gasteiger partial charge in [0, 0.05) is 5.56 Å². The monoisotopic (exact) mass is 238 g/mol. The first-order valence-corrected chi connectivity index (χ1v) is 5.55. The second-order valence-electron chi connectivity index (χ2n) is 3.85. The maximum atomic E-state index is 11.0. The predicted octanol–water partition coefficient (Wildman–Crippen LogP) is 2.59. The highest BCUT2D eigenvalue weighted by molar-refractivity contribution is 5.77. The summed E-state index contributed by atoms with van der Waals surface area (Å²) in [5, 5.41) is 9.05. The van der Waals surface area contributed by atoms with Crippen molar-refractivity contribution in [3.05, 3.63) is 23.3 Å². The smallest absolute Gasteiger partial charge is 0.310 e. The molecular weight excluding hydrogens is 220 g/mol. The van der Waals surface area contributed by atoms with E-state index in [1.54, 1.807) is 19.1 Å². The van der Waals surface area contributed by atoms with Gasteiger partial charge in [-0.3, -0.25) is 4.79 Å². The highest BCUT2D eigenvalue weighted by Crippen LogP contribution is 2.33. The van der Waals surface area contributed by atoms with Crippen molar-refractivity contribution in [1.29, 1.82) is 0 Å². The van der Waals surface area contributed by atoms with Crippen LogP contribution in [0.2, 0.25) is 0 Å². The molecule has 1 rings (SSSR count). The van der Waals surface area contributed by atoms with E-state index in [-0.39, 0.29) is 0 Å². The predicted molar refractivity (Wildman–Crippen MR) is 65.0 cm³/mol. The molecule has 1 aromatic carbocycles. The van der Waals surface area contributed by atoms with Crippen LogP contribution in [0.1, 0.15) is 30.9 Å². The minimum atomic E-state index is -0.880. The number of ether oxygens (including phenoxy) is 2. The molecule has 1 N–H and O–H groups in total. The summed E-state index contributed by atoms with van der Waals surface area (Å²) in [6.45, 7) is 5.98. The van der Waals surface area contributed by atoms with E-state index in [0.29, 0.717) is 23.7 Å². The minimum absolute atomic E-state index is 0.550. The highest BCUT2D eigenvalue weighted by Gasteiger charge is 2.20. The number of benzene rings is 1. The van der Waals surface area contributed by atoms with Gasteiger partial charge in [0.1, 0.15) is 11.5 Å². The molecule has 4 heteroatoms. The summed E-state index contributed by atoms with van der Waals surface area (Å²) in [5.41, 5.74) is 1.57. The third-order valence-corrected chi connectivity index (χ3v) is 2.66. The Hall–Kier alpha value is -1.71. The van der Waals surface area contributed by atoms with Crippen LogP contribution in [-0.2, 0) is 4.79 Å². The number of aliphatic carboxylic acids is 1. The molecule has 0 amide bonds. The summed E-state index contributed by atoms with van der Waals surface area (Å²) in [5.74, 6) is -0.211. The van der Waals surface area contributed by atoms with Crippen LogP contribution in [0, 0.1) is 6.92 Å². The summed E-state index contributed by atoms with van der Waals surface area (Å²) in [6, 6.07) is 3.55. The quantitative estimate of drug-likeness (QED) is 0.856. The molecule has 0 aromatic heterocycles. The van der Waals surface area contributed by atoms with E-state index in [2.05, 4.69) is 0 Å². The molecule has 0 aliphatic rings. The Morgan fingerprint density at radius 2 is 2.06 bits per heavy atom. The Morgan fingerprint density at radius 3 is 2.53 bits per heavy atom. The Bertz CT molecular complexity index is 412. The van der Waals surface area contributed by atoms with Crippen LogP contribution in [0.4, 0.5) is 0 Å². The van der Waals surface area contributed by atoms with Crippen LogP contribution < -0.4 is 9.47 Å². The first-order chi connectivity index (χ1) is 8.01. The molecule has 1 aromatic rings. The first-order valence-electron chi connectivity index (χ1n) is 5.55. The summed E-state index contributed by atoms with van der Waals surface area (Å²) < 4.78 is 10.7. The number of methoxy groups -OCH3 is 1. The second kappa shape index (κ2) is 5.57. The van der Waals surface area contributed by atoms with Crippen molar-refractivity contribution < 1.29 is 19.4 Å². The van der Waals surface area contributed by atoms with Gasteiger partial charge in [-0.2, -0.15) is 0 Å². The van der Waals surface area contributed by atoms with E-state index in [1.165, 1.54) is 7.11 Å². The largest absolute Gasteiger partial charge is 0.496 e. The molecule has 0 saturated carbocycles. The summed E-state index contributed by atoms with van der Waals surface area (Å²) in [6.07, 6.45) is 0. The lowest BCUT2D eigenvalue weighted by Crippen LogP contribution is -2.09. The molecule has 0 bridgehead atoms. The molecule has 0 aliphatic heterocycles. The van der Waals surface area contributed by atoms with Gasteiger partial charge in [0.2, 0.25) is 0 Å². The molecule has 4 nitrogen and oxygen atoms in total. The zero-order valence-electron chi connectivity index (χ0n) is 10.6. The van der Waals surface area contributed by atoms with Crippen molar-refractivity contribution in [2.45, 2.75) is 26.7 Å². The summed E-state index contributed by atoms with van der Waals surface area (Å²) in [7, 11) is 1.53. The van der Waals surface area contributed by atoms with Crippen molar-refractivity contribution in [2.24, 2.45) is 0 Å². The molecule has 94 valence electrons. The number of rotatable bonds is 5. The molecule has 0 spiro atoms. The van der Waals surface area contributed by atoms with Gasteiger partial charge in [0.15, 0.2) is 0 Å². The normalized spacial score (nSPS) is 12.0. The molecule has 1 unspecified atom stereocenters. The van der Waals surface area contributed by atoms with Gasteiger partial charge in [0.05, 0.1) is 19.6 Å². The van der Waals surface area contributed by atoms with Crippen LogP contribution in [0.3, 0.4) is 0 Å². The van der Waals surface area contributed by atoms with Gasteiger partial charge in [-0.15, -0.1) is 0 Å². The fourth-order valence-corrected chi connectivity index (χ4v) is 1.64. The molecule has 1 atom stereocenters.